The number of halogens is 6. The zero-order valence-corrected chi connectivity index (χ0v) is 19.9. The number of nitrogens with zero attached hydrogens (tertiary/aromatic N) is 2. The first-order valence-electron chi connectivity index (χ1n) is 11.6. The first-order chi connectivity index (χ1) is 17.3. The van der Waals surface area contributed by atoms with Crippen LogP contribution >= 0.6 is 0 Å². The number of hydrogen-bond donors (Lipinski definition) is 1. The molecule has 4 rings (SSSR count). The number of hydrogen-bond acceptors (Lipinski definition) is 5. The molecule has 0 saturated heterocycles. The number of fused-ring (bicyclic) bond motifs is 1. The van der Waals surface area contributed by atoms with Crippen molar-refractivity contribution in [3.63, 3.8) is 0 Å². The van der Waals surface area contributed by atoms with Crippen LogP contribution in [0.1, 0.15) is 48.6 Å². The summed E-state index contributed by atoms with van der Waals surface area (Å²) in [7, 11) is 0. The highest BCUT2D eigenvalue weighted by molar-refractivity contribution is 5.96. The van der Waals surface area contributed by atoms with Crippen molar-refractivity contribution in [2.45, 2.75) is 57.3 Å². The van der Waals surface area contributed by atoms with E-state index in [0.717, 1.165) is 22.9 Å². The quantitative estimate of drug-likeness (QED) is 0.460. The monoisotopic (exact) mass is 530 g/mol. The van der Waals surface area contributed by atoms with E-state index in [0.29, 0.717) is 32.4 Å². The first kappa shape index (κ1) is 26.6. The Labute approximate surface area is 208 Å². The Bertz CT molecular complexity index is 1210. The van der Waals surface area contributed by atoms with E-state index in [-0.39, 0.29) is 18.0 Å². The summed E-state index contributed by atoms with van der Waals surface area (Å²) in [5, 5.41) is 9.18. The van der Waals surface area contributed by atoms with Crippen LogP contribution in [0.3, 0.4) is 0 Å². The van der Waals surface area contributed by atoms with Gasteiger partial charge < -0.3 is 19.5 Å². The lowest BCUT2D eigenvalue weighted by atomic mass is 9.94. The van der Waals surface area contributed by atoms with E-state index in [2.05, 4.69) is 9.73 Å². The standard InChI is InChI=1S/C25H24F6N2O4/c1-3-19-22(16-5-4-6-18-15(16)9-10-33(18)12-21(34)35)32-23(37-19)14-7-8-20(17(11-14)25(29,30)31)36-13(2)24(26,27)28/h4-8,11,13,19,22H,3,9-10,12H2,1-2H3,(H,34,35). The lowest BCUT2D eigenvalue weighted by molar-refractivity contribution is -0.191. The molecule has 200 valence electrons. The number of anilines is 1. The Morgan fingerprint density at radius 2 is 1.95 bits per heavy atom. The van der Waals surface area contributed by atoms with Crippen molar-refractivity contribution in [1.82, 2.24) is 0 Å². The third-order valence-electron chi connectivity index (χ3n) is 6.38. The number of rotatable bonds is 7. The fraction of sp³-hybridized carbons (Fsp3) is 0.440. The van der Waals surface area contributed by atoms with E-state index < -0.39 is 47.9 Å². The second-order valence-electron chi connectivity index (χ2n) is 8.86. The van der Waals surface area contributed by atoms with Gasteiger partial charge in [0.25, 0.3) is 0 Å². The maximum Gasteiger partial charge on any atom is 0.425 e. The minimum absolute atomic E-state index is 0.0413. The van der Waals surface area contributed by atoms with Gasteiger partial charge in [-0.05, 0) is 55.2 Å². The van der Waals surface area contributed by atoms with Crippen LogP contribution in [0.2, 0.25) is 0 Å². The van der Waals surface area contributed by atoms with Gasteiger partial charge in [0.05, 0.1) is 5.56 Å². The molecule has 0 saturated carbocycles. The minimum Gasteiger partial charge on any atom is -0.481 e. The average molecular weight is 530 g/mol. The fourth-order valence-corrected chi connectivity index (χ4v) is 4.54. The highest BCUT2D eigenvalue weighted by Crippen LogP contribution is 2.42. The molecule has 0 radical (unpaired) electrons. The van der Waals surface area contributed by atoms with Crippen LogP contribution < -0.4 is 9.64 Å². The normalized spacial score (nSPS) is 20.3. The van der Waals surface area contributed by atoms with Gasteiger partial charge in [0.1, 0.15) is 24.4 Å². The Morgan fingerprint density at radius 1 is 1.22 bits per heavy atom. The van der Waals surface area contributed by atoms with Crippen molar-refractivity contribution < 1.29 is 45.7 Å². The molecule has 2 aromatic rings. The predicted octanol–water partition coefficient (Wildman–Crippen LogP) is 5.78. The Balaban J connectivity index is 1.69. The molecule has 12 heteroatoms. The SMILES string of the molecule is CCC1OC(c2ccc(OC(C)C(F)(F)F)c(C(F)(F)F)c2)=NC1c1cccc2c1CCN2CC(=O)O. The summed E-state index contributed by atoms with van der Waals surface area (Å²) in [5.74, 6) is -1.97. The van der Waals surface area contributed by atoms with Crippen LogP contribution in [0, 0.1) is 0 Å². The van der Waals surface area contributed by atoms with Gasteiger partial charge in [-0.3, -0.25) is 4.79 Å². The Morgan fingerprint density at radius 3 is 2.57 bits per heavy atom. The fourth-order valence-electron chi connectivity index (χ4n) is 4.54. The lowest BCUT2D eigenvalue weighted by Gasteiger charge is -2.21. The largest absolute Gasteiger partial charge is 0.481 e. The van der Waals surface area contributed by atoms with E-state index in [4.69, 9.17) is 4.74 Å². The molecule has 2 aliphatic rings. The highest BCUT2D eigenvalue weighted by atomic mass is 19.4. The number of alkyl halides is 6. The van der Waals surface area contributed by atoms with E-state index in [1.165, 1.54) is 6.07 Å². The van der Waals surface area contributed by atoms with E-state index in [9.17, 15) is 36.2 Å². The van der Waals surface area contributed by atoms with Gasteiger partial charge in [-0.2, -0.15) is 26.3 Å². The number of carboxylic acid groups (broad SMARTS) is 1. The van der Waals surface area contributed by atoms with E-state index in [1.807, 2.05) is 19.1 Å². The number of aliphatic imine (C=N–C) groups is 1. The van der Waals surface area contributed by atoms with Crippen molar-refractivity contribution in [3.05, 3.63) is 58.7 Å². The first-order valence-corrected chi connectivity index (χ1v) is 11.6. The molecule has 0 fully saturated rings. The highest BCUT2D eigenvalue weighted by Gasteiger charge is 2.42. The molecule has 0 aromatic heterocycles. The summed E-state index contributed by atoms with van der Waals surface area (Å²) in [6.45, 7) is 2.81. The van der Waals surface area contributed by atoms with Gasteiger partial charge in [0.15, 0.2) is 6.10 Å². The number of carboxylic acids is 1. The maximum absolute atomic E-state index is 13.7. The summed E-state index contributed by atoms with van der Waals surface area (Å²) in [6.07, 6.45) is -11.7. The summed E-state index contributed by atoms with van der Waals surface area (Å²) in [6, 6.07) is 7.57. The van der Waals surface area contributed by atoms with Crippen molar-refractivity contribution >= 4 is 17.6 Å². The summed E-state index contributed by atoms with van der Waals surface area (Å²) < 4.78 is 90.4. The zero-order valence-electron chi connectivity index (χ0n) is 19.9. The van der Waals surface area contributed by atoms with Gasteiger partial charge in [-0.25, -0.2) is 4.99 Å². The minimum atomic E-state index is -4.98. The van der Waals surface area contributed by atoms with Crippen LogP contribution in [0.5, 0.6) is 5.75 Å². The van der Waals surface area contributed by atoms with Crippen molar-refractivity contribution in [2.24, 2.45) is 4.99 Å². The molecule has 0 spiro atoms. The zero-order chi connectivity index (χ0) is 27.1. The van der Waals surface area contributed by atoms with Gasteiger partial charge in [0.2, 0.25) is 5.90 Å². The van der Waals surface area contributed by atoms with E-state index >= 15 is 0 Å². The Kier molecular flexibility index (Phi) is 7.04. The number of aliphatic carboxylic acids is 1. The third-order valence-corrected chi connectivity index (χ3v) is 6.38. The average Bonchev–Trinajstić information content (AvgIpc) is 3.42. The number of benzene rings is 2. The second-order valence-corrected chi connectivity index (χ2v) is 8.86. The molecule has 3 unspecified atom stereocenters. The van der Waals surface area contributed by atoms with Gasteiger partial charge in [-0.1, -0.05) is 19.1 Å². The molecule has 3 atom stereocenters. The van der Waals surface area contributed by atoms with Crippen molar-refractivity contribution in [2.75, 3.05) is 18.0 Å². The van der Waals surface area contributed by atoms with Crippen molar-refractivity contribution in [3.8, 4) is 5.75 Å². The lowest BCUT2D eigenvalue weighted by Crippen LogP contribution is -2.32. The van der Waals surface area contributed by atoms with Crippen LogP contribution in [0.25, 0.3) is 0 Å². The van der Waals surface area contributed by atoms with Crippen LogP contribution in [0.4, 0.5) is 32.0 Å². The van der Waals surface area contributed by atoms with Crippen LogP contribution in [0.15, 0.2) is 41.4 Å². The molecule has 2 heterocycles. The number of carbonyl (C=O) groups is 1. The van der Waals surface area contributed by atoms with Crippen molar-refractivity contribution in [1.29, 1.82) is 0 Å². The maximum atomic E-state index is 13.7. The molecular formula is C25H24F6N2O4. The molecular weight excluding hydrogens is 506 g/mol. The molecule has 2 aromatic carbocycles. The molecule has 0 aliphatic carbocycles. The third kappa shape index (κ3) is 5.47. The summed E-state index contributed by atoms with van der Waals surface area (Å²) >= 11 is 0. The predicted molar refractivity (Wildman–Crippen MR) is 122 cm³/mol. The molecule has 6 nitrogen and oxygen atoms in total. The van der Waals surface area contributed by atoms with Gasteiger partial charge in [-0.15, -0.1) is 0 Å². The summed E-state index contributed by atoms with van der Waals surface area (Å²) in [5.41, 5.74) is 1.05. The smallest absolute Gasteiger partial charge is 0.425 e. The van der Waals surface area contributed by atoms with Gasteiger partial charge in [0, 0.05) is 17.8 Å². The molecule has 1 N–H and O–H groups in total. The van der Waals surface area contributed by atoms with Crippen LogP contribution in [-0.4, -0.2) is 48.4 Å². The number of ether oxygens (including phenoxy) is 2. The van der Waals surface area contributed by atoms with E-state index in [1.54, 1.807) is 11.0 Å². The Hall–Kier alpha value is -3.44. The molecule has 2 aliphatic heterocycles. The van der Waals surface area contributed by atoms with Crippen LogP contribution in [-0.2, 0) is 22.1 Å². The van der Waals surface area contributed by atoms with Gasteiger partial charge >= 0.3 is 18.3 Å². The topological polar surface area (TPSA) is 71.4 Å². The molecule has 0 bridgehead atoms. The molecule has 37 heavy (non-hydrogen) atoms. The second kappa shape index (κ2) is 9.79. The summed E-state index contributed by atoms with van der Waals surface area (Å²) in [4.78, 5) is 17.5. The molecule has 0 amide bonds.